The Bertz CT molecular complexity index is 221. The molecule has 1 fully saturated rings. The van der Waals surface area contributed by atoms with E-state index in [2.05, 4.69) is 12.2 Å². The van der Waals surface area contributed by atoms with Crippen LogP contribution in [0.3, 0.4) is 0 Å². The predicted octanol–water partition coefficient (Wildman–Crippen LogP) is 0.903. The second-order valence-corrected chi connectivity index (χ2v) is 4.64. The summed E-state index contributed by atoms with van der Waals surface area (Å²) in [7, 11) is 0. The highest BCUT2D eigenvalue weighted by molar-refractivity contribution is 5.78. The first-order valence-electron chi connectivity index (χ1n) is 6.26. The summed E-state index contributed by atoms with van der Waals surface area (Å²) in [6.07, 6.45) is 2.80. The summed E-state index contributed by atoms with van der Waals surface area (Å²) in [5.41, 5.74) is 5.93. The predicted molar refractivity (Wildman–Crippen MR) is 64.0 cm³/mol. The summed E-state index contributed by atoms with van der Waals surface area (Å²) in [6.45, 7) is 6.00. The van der Waals surface area contributed by atoms with Gasteiger partial charge in [0.25, 0.3) is 0 Å². The van der Waals surface area contributed by atoms with Gasteiger partial charge in [-0.25, -0.2) is 0 Å². The second-order valence-electron chi connectivity index (χ2n) is 4.64. The minimum Gasteiger partial charge on any atom is -0.380 e. The first-order chi connectivity index (χ1) is 7.65. The molecule has 3 N–H and O–H groups in total. The number of carbonyl (C=O) groups excluding carboxylic acids is 1. The van der Waals surface area contributed by atoms with E-state index in [0.717, 1.165) is 19.3 Å². The Hall–Kier alpha value is -0.610. The fraction of sp³-hybridized carbons (Fsp3) is 0.917. The molecular formula is C12H24N2O2. The van der Waals surface area contributed by atoms with E-state index < -0.39 is 0 Å². The first kappa shape index (κ1) is 13.5. The molecule has 4 nitrogen and oxygen atoms in total. The van der Waals surface area contributed by atoms with Gasteiger partial charge in [-0.1, -0.05) is 6.92 Å². The van der Waals surface area contributed by atoms with Crippen molar-refractivity contribution in [3.05, 3.63) is 0 Å². The Labute approximate surface area is 97.9 Å². The molecular weight excluding hydrogens is 204 g/mol. The zero-order valence-corrected chi connectivity index (χ0v) is 10.4. The van der Waals surface area contributed by atoms with Gasteiger partial charge >= 0.3 is 0 Å². The van der Waals surface area contributed by atoms with E-state index >= 15 is 0 Å². The van der Waals surface area contributed by atoms with Gasteiger partial charge in [-0.05, 0) is 32.1 Å². The zero-order chi connectivity index (χ0) is 12.0. The molecule has 0 saturated heterocycles. The quantitative estimate of drug-likeness (QED) is 0.687. The third kappa shape index (κ3) is 4.10. The van der Waals surface area contributed by atoms with Crippen LogP contribution >= 0.6 is 0 Å². The molecule has 0 spiro atoms. The van der Waals surface area contributed by atoms with Gasteiger partial charge < -0.3 is 15.8 Å². The van der Waals surface area contributed by atoms with Gasteiger partial charge in [0.05, 0.1) is 6.61 Å². The van der Waals surface area contributed by atoms with Crippen LogP contribution in [0.5, 0.6) is 0 Å². The third-order valence-corrected chi connectivity index (χ3v) is 3.36. The summed E-state index contributed by atoms with van der Waals surface area (Å²) in [6, 6.07) is 0.271. The number of ether oxygens (including phenoxy) is 1. The van der Waals surface area contributed by atoms with E-state index in [4.69, 9.17) is 10.5 Å². The number of nitrogens with one attached hydrogen (secondary N) is 1. The minimum atomic E-state index is 0.149. The molecule has 0 aromatic rings. The summed E-state index contributed by atoms with van der Waals surface area (Å²) in [4.78, 5) is 11.8. The molecule has 0 radical (unpaired) electrons. The Morgan fingerprint density at radius 3 is 2.88 bits per heavy atom. The lowest BCUT2D eigenvalue weighted by atomic mass is 9.79. The van der Waals surface area contributed by atoms with Crippen molar-refractivity contribution in [2.45, 2.75) is 39.2 Å². The normalized spacial score (nSPS) is 30.1. The van der Waals surface area contributed by atoms with Crippen LogP contribution in [0.4, 0.5) is 0 Å². The van der Waals surface area contributed by atoms with Gasteiger partial charge in [0.15, 0.2) is 0 Å². The molecule has 94 valence electrons. The lowest BCUT2D eigenvalue weighted by molar-refractivity contribution is -0.126. The molecule has 3 atom stereocenters. The van der Waals surface area contributed by atoms with Crippen LogP contribution in [0.25, 0.3) is 0 Å². The molecule has 0 aromatic carbocycles. The van der Waals surface area contributed by atoms with Crippen molar-refractivity contribution in [2.75, 3.05) is 19.8 Å². The molecule has 4 heteroatoms. The lowest BCUT2D eigenvalue weighted by Gasteiger charge is -2.31. The molecule has 0 aliphatic heterocycles. The van der Waals surface area contributed by atoms with E-state index in [-0.39, 0.29) is 17.9 Å². The van der Waals surface area contributed by atoms with Crippen molar-refractivity contribution in [1.82, 2.24) is 5.32 Å². The molecule has 1 aliphatic rings. The van der Waals surface area contributed by atoms with Crippen LogP contribution in [0.15, 0.2) is 0 Å². The van der Waals surface area contributed by atoms with E-state index in [0.29, 0.717) is 25.7 Å². The maximum absolute atomic E-state index is 11.8. The van der Waals surface area contributed by atoms with Crippen molar-refractivity contribution in [3.63, 3.8) is 0 Å². The Balaban J connectivity index is 2.21. The topological polar surface area (TPSA) is 64.3 Å². The molecule has 3 unspecified atom stereocenters. The highest BCUT2D eigenvalue weighted by atomic mass is 16.5. The van der Waals surface area contributed by atoms with Crippen LogP contribution < -0.4 is 11.1 Å². The fourth-order valence-corrected chi connectivity index (χ4v) is 2.19. The highest BCUT2D eigenvalue weighted by Crippen LogP contribution is 2.27. The summed E-state index contributed by atoms with van der Waals surface area (Å²) < 4.78 is 5.17. The first-order valence-corrected chi connectivity index (χ1v) is 6.26. The van der Waals surface area contributed by atoms with E-state index in [1.165, 1.54) is 0 Å². The van der Waals surface area contributed by atoms with Gasteiger partial charge in [-0.15, -0.1) is 0 Å². The third-order valence-electron chi connectivity index (χ3n) is 3.36. The van der Waals surface area contributed by atoms with Crippen LogP contribution in [0.2, 0.25) is 0 Å². The zero-order valence-electron chi connectivity index (χ0n) is 10.4. The SMILES string of the molecule is CCOCCNC(=O)C1CCC(N)C(C)C1. The summed E-state index contributed by atoms with van der Waals surface area (Å²) >= 11 is 0. The molecule has 1 saturated carbocycles. The van der Waals surface area contributed by atoms with Crippen LogP contribution in [0, 0.1) is 11.8 Å². The number of rotatable bonds is 5. The van der Waals surface area contributed by atoms with Crippen LogP contribution in [0.1, 0.15) is 33.1 Å². The molecule has 0 heterocycles. The van der Waals surface area contributed by atoms with Crippen molar-refractivity contribution in [2.24, 2.45) is 17.6 Å². The average Bonchev–Trinajstić information content (AvgIpc) is 2.28. The number of carbonyl (C=O) groups is 1. The number of hydrogen-bond acceptors (Lipinski definition) is 3. The molecule has 0 bridgehead atoms. The average molecular weight is 228 g/mol. The number of amides is 1. The molecule has 16 heavy (non-hydrogen) atoms. The molecule has 1 rings (SSSR count). The standard InChI is InChI=1S/C12H24N2O2/c1-3-16-7-6-14-12(15)10-4-5-11(13)9(2)8-10/h9-11H,3-8,13H2,1-2H3,(H,14,15). The fourth-order valence-electron chi connectivity index (χ4n) is 2.19. The van der Waals surface area contributed by atoms with Crippen molar-refractivity contribution in [1.29, 1.82) is 0 Å². The second kappa shape index (κ2) is 6.86. The monoisotopic (exact) mass is 228 g/mol. The maximum atomic E-state index is 11.8. The lowest BCUT2D eigenvalue weighted by Crippen LogP contribution is -2.41. The number of nitrogens with two attached hydrogens (primary N) is 1. The highest BCUT2D eigenvalue weighted by Gasteiger charge is 2.29. The Morgan fingerprint density at radius 1 is 1.50 bits per heavy atom. The van der Waals surface area contributed by atoms with Crippen molar-refractivity contribution < 1.29 is 9.53 Å². The summed E-state index contributed by atoms with van der Waals surface area (Å²) in [5.74, 6) is 0.770. The van der Waals surface area contributed by atoms with Gasteiger partial charge in [0.1, 0.15) is 0 Å². The molecule has 1 amide bonds. The molecule has 1 aliphatic carbocycles. The smallest absolute Gasteiger partial charge is 0.223 e. The molecule has 0 aromatic heterocycles. The van der Waals surface area contributed by atoms with Gasteiger partial charge in [0, 0.05) is 25.1 Å². The van der Waals surface area contributed by atoms with Crippen molar-refractivity contribution >= 4 is 5.91 Å². The number of hydrogen-bond donors (Lipinski definition) is 2. The van der Waals surface area contributed by atoms with Gasteiger partial charge in [0.2, 0.25) is 5.91 Å². The van der Waals surface area contributed by atoms with E-state index in [1.807, 2.05) is 6.92 Å². The Kier molecular flexibility index (Phi) is 5.77. The minimum absolute atomic E-state index is 0.149. The summed E-state index contributed by atoms with van der Waals surface area (Å²) in [5, 5.41) is 2.92. The van der Waals surface area contributed by atoms with E-state index in [1.54, 1.807) is 0 Å². The van der Waals surface area contributed by atoms with Gasteiger partial charge in [-0.2, -0.15) is 0 Å². The Morgan fingerprint density at radius 2 is 2.25 bits per heavy atom. The van der Waals surface area contributed by atoms with Crippen LogP contribution in [-0.2, 0) is 9.53 Å². The van der Waals surface area contributed by atoms with E-state index in [9.17, 15) is 4.79 Å². The van der Waals surface area contributed by atoms with Crippen molar-refractivity contribution in [3.8, 4) is 0 Å². The van der Waals surface area contributed by atoms with Crippen LogP contribution in [-0.4, -0.2) is 31.7 Å². The van der Waals surface area contributed by atoms with Gasteiger partial charge in [-0.3, -0.25) is 4.79 Å². The maximum Gasteiger partial charge on any atom is 0.223 e. The largest absolute Gasteiger partial charge is 0.380 e.